The van der Waals surface area contributed by atoms with E-state index in [1.54, 1.807) is 30.5 Å². The number of rotatable bonds is 3. The fourth-order valence-corrected chi connectivity index (χ4v) is 1.95. The van der Waals surface area contributed by atoms with E-state index in [0.717, 1.165) is 16.6 Å². The van der Waals surface area contributed by atoms with Gasteiger partial charge in [0.25, 0.3) is 0 Å². The number of hydrogen-bond donors (Lipinski definition) is 2. The molecule has 21 heavy (non-hydrogen) atoms. The number of fused-ring (bicyclic) bond motifs is 1. The Bertz CT molecular complexity index is 754. The number of carbonyl (C=O) groups excluding carboxylic acids is 1. The zero-order chi connectivity index (χ0) is 14.5. The number of benzene rings is 2. The standard InChI is InChI=1S/C16H13N3O2/c20-16(21-12-6-2-1-3-7-12)19-18-15-10-4-9-14-13(15)8-5-11-17-14/h1-11,18H,(H,19,20). The van der Waals surface area contributed by atoms with Crippen molar-refractivity contribution in [3.63, 3.8) is 0 Å². The minimum absolute atomic E-state index is 0.483. The molecule has 1 heterocycles. The van der Waals surface area contributed by atoms with Gasteiger partial charge in [0, 0.05) is 11.6 Å². The summed E-state index contributed by atoms with van der Waals surface area (Å²) in [7, 11) is 0. The van der Waals surface area contributed by atoms with Crippen molar-refractivity contribution >= 4 is 22.7 Å². The Balaban J connectivity index is 1.68. The number of amides is 1. The van der Waals surface area contributed by atoms with Crippen LogP contribution < -0.4 is 15.6 Å². The molecule has 0 saturated heterocycles. The Hall–Kier alpha value is -3.08. The summed E-state index contributed by atoms with van der Waals surface area (Å²) in [6.07, 6.45) is 1.14. The van der Waals surface area contributed by atoms with Gasteiger partial charge >= 0.3 is 6.09 Å². The van der Waals surface area contributed by atoms with Gasteiger partial charge in [-0.1, -0.05) is 24.3 Å². The lowest BCUT2D eigenvalue weighted by Crippen LogP contribution is -2.32. The number of para-hydroxylation sites is 1. The zero-order valence-electron chi connectivity index (χ0n) is 11.1. The Morgan fingerprint density at radius 3 is 2.67 bits per heavy atom. The third-order valence-electron chi connectivity index (χ3n) is 2.90. The molecule has 0 spiro atoms. The van der Waals surface area contributed by atoms with Gasteiger partial charge in [-0.3, -0.25) is 10.4 Å². The van der Waals surface area contributed by atoms with Crippen LogP contribution in [0.3, 0.4) is 0 Å². The van der Waals surface area contributed by atoms with E-state index in [0.29, 0.717) is 5.75 Å². The minimum Gasteiger partial charge on any atom is -0.409 e. The molecule has 5 heteroatoms. The Labute approximate surface area is 121 Å². The van der Waals surface area contributed by atoms with E-state index in [1.165, 1.54) is 0 Å². The maximum atomic E-state index is 11.7. The molecular weight excluding hydrogens is 266 g/mol. The summed E-state index contributed by atoms with van der Waals surface area (Å²) in [5.74, 6) is 0.483. The first kappa shape index (κ1) is 12.9. The predicted molar refractivity (Wildman–Crippen MR) is 81.0 cm³/mol. The lowest BCUT2D eigenvalue weighted by atomic mass is 10.2. The Kier molecular flexibility index (Phi) is 3.64. The molecule has 3 rings (SSSR count). The maximum Gasteiger partial charge on any atom is 0.431 e. The van der Waals surface area contributed by atoms with E-state index < -0.39 is 6.09 Å². The number of hydrogen-bond acceptors (Lipinski definition) is 4. The van der Waals surface area contributed by atoms with Gasteiger partial charge in [0.1, 0.15) is 5.75 Å². The van der Waals surface area contributed by atoms with Crippen LogP contribution in [0.25, 0.3) is 10.9 Å². The molecule has 1 aromatic heterocycles. The molecule has 1 amide bonds. The number of nitrogens with zero attached hydrogens (tertiary/aromatic N) is 1. The normalized spacial score (nSPS) is 10.1. The smallest absolute Gasteiger partial charge is 0.409 e. The molecule has 0 aliphatic heterocycles. The molecule has 2 N–H and O–H groups in total. The molecule has 104 valence electrons. The van der Waals surface area contributed by atoms with Crippen molar-refractivity contribution in [2.45, 2.75) is 0 Å². The van der Waals surface area contributed by atoms with Crippen molar-refractivity contribution in [3.8, 4) is 5.75 Å². The van der Waals surface area contributed by atoms with Crippen LogP contribution in [0.4, 0.5) is 10.5 Å². The topological polar surface area (TPSA) is 63.2 Å². The molecule has 2 aromatic carbocycles. The van der Waals surface area contributed by atoms with Crippen molar-refractivity contribution in [2.75, 3.05) is 5.43 Å². The van der Waals surface area contributed by atoms with Crippen molar-refractivity contribution in [3.05, 3.63) is 66.9 Å². The highest BCUT2D eigenvalue weighted by Crippen LogP contribution is 2.20. The van der Waals surface area contributed by atoms with E-state index in [1.807, 2.05) is 36.4 Å². The minimum atomic E-state index is -0.581. The monoisotopic (exact) mass is 279 g/mol. The number of hydrazine groups is 1. The summed E-state index contributed by atoms with van der Waals surface area (Å²) < 4.78 is 5.12. The van der Waals surface area contributed by atoms with Gasteiger partial charge in [-0.2, -0.15) is 0 Å². The van der Waals surface area contributed by atoms with Crippen LogP contribution in [0.5, 0.6) is 5.75 Å². The van der Waals surface area contributed by atoms with Gasteiger partial charge in [-0.15, -0.1) is 0 Å². The lowest BCUT2D eigenvalue weighted by molar-refractivity contribution is 0.203. The number of ether oxygens (including phenoxy) is 1. The summed E-state index contributed by atoms with van der Waals surface area (Å²) >= 11 is 0. The second kappa shape index (κ2) is 5.92. The average molecular weight is 279 g/mol. The second-order valence-electron chi connectivity index (χ2n) is 4.33. The molecule has 0 aliphatic carbocycles. The summed E-state index contributed by atoms with van der Waals surface area (Å²) in [5.41, 5.74) is 6.95. The first-order valence-electron chi connectivity index (χ1n) is 6.45. The van der Waals surface area contributed by atoms with E-state index in [4.69, 9.17) is 4.74 Å². The Morgan fingerprint density at radius 2 is 1.81 bits per heavy atom. The van der Waals surface area contributed by atoms with Crippen molar-refractivity contribution in [2.24, 2.45) is 0 Å². The molecule has 0 saturated carbocycles. The summed E-state index contributed by atoms with van der Waals surface area (Å²) in [5, 5.41) is 0.917. The third-order valence-corrected chi connectivity index (χ3v) is 2.90. The molecule has 0 fully saturated rings. The molecule has 0 radical (unpaired) electrons. The molecule has 0 aliphatic rings. The van der Waals surface area contributed by atoms with E-state index in [2.05, 4.69) is 15.8 Å². The highest BCUT2D eigenvalue weighted by Gasteiger charge is 2.05. The second-order valence-corrected chi connectivity index (χ2v) is 4.33. The zero-order valence-corrected chi connectivity index (χ0v) is 11.1. The van der Waals surface area contributed by atoms with Gasteiger partial charge < -0.3 is 4.74 Å². The summed E-state index contributed by atoms with van der Waals surface area (Å²) in [6.45, 7) is 0. The molecule has 5 nitrogen and oxygen atoms in total. The largest absolute Gasteiger partial charge is 0.431 e. The number of anilines is 1. The molecular formula is C16H13N3O2. The fraction of sp³-hybridized carbons (Fsp3) is 0. The van der Waals surface area contributed by atoms with Crippen LogP contribution in [-0.4, -0.2) is 11.1 Å². The average Bonchev–Trinajstić information content (AvgIpc) is 2.54. The van der Waals surface area contributed by atoms with Crippen LogP contribution >= 0.6 is 0 Å². The van der Waals surface area contributed by atoms with Crippen molar-refractivity contribution in [1.29, 1.82) is 0 Å². The molecule has 0 unspecified atom stereocenters. The highest BCUT2D eigenvalue weighted by molar-refractivity contribution is 5.91. The molecule has 0 bridgehead atoms. The quantitative estimate of drug-likeness (QED) is 0.722. The van der Waals surface area contributed by atoms with Gasteiger partial charge in [0.05, 0.1) is 11.2 Å². The van der Waals surface area contributed by atoms with Crippen LogP contribution in [0, 0.1) is 0 Å². The Morgan fingerprint density at radius 1 is 0.952 bits per heavy atom. The number of carbonyl (C=O) groups is 1. The lowest BCUT2D eigenvalue weighted by Gasteiger charge is -2.10. The number of nitrogens with one attached hydrogen (secondary N) is 2. The summed E-state index contributed by atoms with van der Waals surface area (Å²) in [6, 6.07) is 18.3. The van der Waals surface area contributed by atoms with Gasteiger partial charge in [-0.25, -0.2) is 10.2 Å². The van der Waals surface area contributed by atoms with Gasteiger partial charge in [0.2, 0.25) is 0 Å². The predicted octanol–water partition coefficient (Wildman–Crippen LogP) is 3.35. The fourth-order valence-electron chi connectivity index (χ4n) is 1.95. The van der Waals surface area contributed by atoms with Crippen molar-refractivity contribution in [1.82, 2.24) is 10.4 Å². The van der Waals surface area contributed by atoms with Crippen LogP contribution in [0.15, 0.2) is 66.9 Å². The van der Waals surface area contributed by atoms with E-state index in [9.17, 15) is 4.79 Å². The molecule has 3 aromatic rings. The number of aromatic nitrogens is 1. The molecule has 0 atom stereocenters. The first-order chi connectivity index (χ1) is 10.3. The van der Waals surface area contributed by atoms with Gasteiger partial charge in [0.15, 0.2) is 0 Å². The summed E-state index contributed by atoms with van der Waals surface area (Å²) in [4.78, 5) is 16.0. The van der Waals surface area contributed by atoms with Gasteiger partial charge in [-0.05, 0) is 36.4 Å². The first-order valence-corrected chi connectivity index (χ1v) is 6.45. The van der Waals surface area contributed by atoms with Crippen LogP contribution in [0.1, 0.15) is 0 Å². The van der Waals surface area contributed by atoms with Crippen molar-refractivity contribution < 1.29 is 9.53 Å². The van der Waals surface area contributed by atoms with E-state index >= 15 is 0 Å². The maximum absolute atomic E-state index is 11.7. The number of pyridine rings is 1. The third kappa shape index (κ3) is 3.09. The van der Waals surface area contributed by atoms with Crippen LogP contribution in [-0.2, 0) is 0 Å². The van der Waals surface area contributed by atoms with Crippen LogP contribution in [0.2, 0.25) is 0 Å². The SMILES string of the molecule is O=C(NNc1cccc2ncccc12)Oc1ccccc1. The highest BCUT2D eigenvalue weighted by atomic mass is 16.6. The van der Waals surface area contributed by atoms with E-state index in [-0.39, 0.29) is 0 Å².